The van der Waals surface area contributed by atoms with Crippen molar-refractivity contribution in [2.24, 2.45) is 4.99 Å². The second-order valence-corrected chi connectivity index (χ2v) is 5.01. The number of benzene rings is 2. The molecule has 0 radical (unpaired) electrons. The molecule has 0 atom stereocenters. The van der Waals surface area contributed by atoms with Crippen LogP contribution in [-0.4, -0.2) is 16.2 Å². The third-order valence-electron chi connectivity index (χ3n) is 2.57. The number of rotatable bonds is 3. The van der Waals surface area contributed by atoms with Crippen molar-refractivity contribution < 1.29 is 9.90 Å². The molecule has 2 aromatic carbocycles. The SMILES string of the molecule is O=C(Nc1ccc(Cl)c(N=C=S)c1)c1cc(Cl)ccc1O. The molecule has 1 amide bonds. The van der Waals surface area contributed by atoms with E-state index < -0.39 is 5.91 Å². The van der Waals surface area contributed by atoms with Crippen LogP contribution in [0.3, 0.4) is 0 Å². The molecule has 7 heteroatoms. The predicted octanol–water partition coefficient (Wildman–Crippen LogP) is 4.69. The molecule has 0 spiro atoms. The Kier molecular flexibility index (Phi) is 4.94. The van der Waals surface area contributed by atoms with Gasteiger partial charge in [-0.25, -0.2) is 0 Å². The number of aromatic hydroxyl groups is 1. The summed E-state index contributed by atoms with van der Waals surface area (Å²) in [6, 6.07) is 8.92. The molecule has 0 unspecified atom stereocenters. The van der Waals surface area contributed by atoms with Crippen LogP contribution < -0.4 is 5.32 Å². The van der Waals surface area contributed by atoms with Crippen molar-refractivity contribution in [2.75, 3.05) is 5.32 Å². The van der Waals surface area contributed by atoms with Crippen molar-refractivity contribution in [1.82, 2.24) is 0 Å². The monoisotopic (exact) mass is 338 g/mol. The number of carbonyl (C=O) groups is 1. The maximum Gasteiger partial charge on any atom is 0.259 e. The molecule has 0 saturated carbocycles. The third kappa shape index (κ3) is 3.80. The van der Waals surface area contributed by atoms with E-state index in [-0.39, 0.29) is 11.3 Å². The molecule has 2 rings (SSSR count). The number of amides is 1. The van der Waals surface area contributed by atoms with Gasteiger partial charge in [0, 0.05) is 10.7 Å². The van der Waals surface area contributed by atoms with Gasteiger partial charge in [0.05, 0.1) is 21.4 Å². The Bertz CT molecular complexity index is 759. The van der Waals surface area contributed by atoms with Gasteiger partial charge in [0.15, 0.2) is 0 Å². The van der Waals surface area contributed by atoms with E-state index in [9.17, 15) is 9.90 Å². The molecule has 2 N–H and O–H groups in total. The highest BCUT2D eigenvalue weighted by atomic mass is 35.5. The Morgan fingerprint density at radius 3 is 2.71 bits per heavy atom. The van der Waals surface area contributed by atoms with Crippen LogP contribution >= 0.6 is 35.4 Å². The fourth-order valence-electron chi connectivity index (χ4n) is 1.61. The summed E-state index contributed by atoms with van der Waals surface area (Å²) < 4.78 is 0. The number of anilines is 1. The largest absolute Gasteiger partial charge is 0.507 e. The first-order valence-electron chi connectivity index (χ1n) is 5.68. The van der Waals surface area contributed by atoms with Crippen LogP contribution in [-0.2, 0) is 0 Å². The van der Waals surface area contributed by atoms with Gasteiger partial charge >= 0.3 is 0 Å². The van der Waals surface area contributed by atoms with Crippen molar-refractivity contribution >= 4 is 57.9 Å². The molecule has 21 heavy (non-hydrogen) atoms. The summed E-state index contributed by atoms with van der Waals surface area (Å²) in [5.41, 5.74) is 0.907. The molecule has 0 aromatic heterocycles. The highest BCUT2D eigenvalue weighted by molar-refractivity contribution is 7.78. The van der Waals surface area contributed by atoms with Gasteiger partial charge in [-0.15, -0.1) is 0 Å². The van der Waals surface area contributed by atoms with Crippen molar-refractivity contribution in [3.8, 4) is 5.75 Å². The minimum atomic E-state index is -0.505. The van der Waals surface area contributed by atoms with Crippen LogP contribution in [0, 0.1) is 0 Å². The van der Waals surface area contributed by atoms with Gasteiger partial charge in [0.1, 0.15) is 5.75 Å². The number of halogens is 2. The first kappa shape index (κ1) is 15.5. The average Bonchev–Trinajstić information content (AvgIpc) is 2.45. The number of nitrogens with zero attached hydrogens (tertiary/aromatic N) is 1. The summed E-state index contributed by atoms with van der Waals surface area (Å²) in [5.74, 6) is -0.669. The second-order valence-electron chi connectivity index (χ2n) is 3.98. The smallest absolute Gasteiger partial charge is 0.259 e. The number of aliphatic imine (C=N–C) groups is 1. The Morgan fingerprint density at radius 1 is 1.24 bits per heavy atom. The van der Waals surface area contributed by atoms with E-state index in [0.717, 1.165) is 0 Å². The van der Waals surface area contributed by atoms with Gasteiger partial charge in [0.2, 0.25) is 0 Å². The summed E-state index contributed by atoms with van der Waals surface area (Å²) in [4.78, 5) is 15.9. The van der Waals surface area contributed by atoms with Crippen LogP contribution in [0.4, 0.5) is 11.4 Å². The molecule has 0 saturated heterocycles. The lowest BCUT2D eigenvalue weighted by Crippen LogP contribution is -2.12. The summed E-state index contributed by atoms with van der Waals surface area (Å²) in [7, 11) is 0. The number of thiocarbonyl (C=S) groups is 1. The number of phenolic OH excluding ortho intramolecular Hbond substituents is 1. The molecule has 2 aromatic rings. The van der Waals surface area contributed by atoms with Gasteiger partial charge in [-0.3, -0.25) is 4.79 Å². The first-order valence-corrected chi connectivity index (χ1v) is 6.85. The maximum absolute atomic E-state index is 12.1. The van der Waals surface area contributed by atoms with Gasteiger partial charge in [-0.2, -0.15) is 4.99 Å². The number of isothiocyanates is 1. The van der Waals surface area contributed by atoms with E-state index in [1.807, 2.05) is 0 Å². The fourth-order valence-corrected chi connectivity index (χ4v) is 2.04. The Balaban J connectivity index is 2.29. The Morgan fingerprint density at radius 2 is 2.00 bits per heavy atom. The lowest BCUT2D eigenvalue weighted by Gasteiger charge is -2.08. The number of nitrogens with one attached hydrogen (secondary N) is 1. The normalized spacial score (nSPS) is 9.81. The van der Waals surface area contributed by atoms with Crippen molar-refractivity contribution in [3.63, 3.8) is 0 Å². The maximum atomic E-state index is 12.1. The second kappa shape index (κ2) is 6.70. The molecule has 0 heterocycles. The molecular weight excluding hydrogens is 331 g/mol. The van der Waals surface area contributed by atoms with E-state index in [4.69, 9.17) is 23.2 Å². The summed E-state index contributed by atoms with van der Waals surface area (Å²) in [6.45, 7) is 0. The topological polar surface area (TPSA) is 61.7 Å². The van der Waals surface area contributed by atoms with Gasteiger partial charge in [0.25, 0.3) is 5.91 Å². The first-order chi connectivity index (χ1) is 10.0. The minimum Gasteiger partial charge on any atom is -0.507 e. The molecule has 0 aliphatic rings. The summed E-state index contributed by atoms with van der Waals surface area (Å²) in [5, 5.41) is 15.2. The molecule has 0 aliphatic heterocycles. The highest BCUT2D eigenvalue weighted by Gasteiger charge is 2.12. The minimum absolute atomic E-state index is 0.0670. The molecular formula is C14H8Cl2N2O2S. The van der Waals surface area contributed by atoms with Crippen molar-refractivity contribution in [2.45, 2.75) is 0 Å². The van der Waals surface area contributed by atoms with Crippen LogP contribution in [0.25, 0.3) is 0 Å². The Labute approximate surface area is 136 Å². The lowest BCUT2D eigenvalue weighted by molar-refractivity contribution is 0.102. The van der Waals surface area contributed by atoms with Crippen LogP contribution in [0.1, 0.15) is 10.4 Å². The van der Waals surface area contributed by atoms with Crippen LogP contribution in [0.2, 0.25) is 10.0 Å². The Hall–Kier alpha value is -1.91. The average molecular weight is 339 g/mol. The number of hydrogen-bond donors (Lipinski definition) is 2. The zero-order chi connectivity index (χ0) is 15.4. The van der Waals surface area contributed by atoms with E-state index in [2.05, 4.69) is 27.7 Å². The van der Waals surface area contributed by atoms with Gasteiger partial charge in [-0.1, -0.05) is 23.2 Å². The quantitative estimate of drug-likeness (QED) is 0.630. The summed E-state index contributed by atoms with van der Waals surface area (Å²) in [6.07, 6.45) is 0. The summed E-state index contributed by atoms with van der Waals surface area (Å²) >= 11 is 16.3. The molecule has 0 fully saturated rings. The number of carbonyl (C=O) groups excluding carboxylic acids is 1. The third-order valence-corrected chi connectivity index (χ3v) is 3.22. The van der Waals surface area contributed by atoms with E-state index in [1.54, 1.807) is 18.2 Å². The molecule has 4 nitrogen and oxygen atoms in total. The van der Waals surface area contributed by atoms with Crippen molar-refractivity contribution in [3.05, 3.63) is 52.0 Å². The van der Waals surface area contributed by atoms with Gasteiger partial charge in [-0.05, 0) is 48.6 Å². The number of hydrogen-bond acceptors (Lipinski definition) is 4. The number of phenols is 1. The predicted molar refractivity (Wildman–Crippen MR) is 87.2 cm³/mol. The van der Waals surface area contributed by atoms with Gasteiger partial charge < -0.3 is 10.4 Å². The van der Waals surface area contributed by atoms with E-state index >= 15 is 0 Å². The fraction of sp³-hybridized carbons (Fsp3) is 0. The zero-order valence-electron chi connectivity index (χ0n) is 10.4. The van der Waals surface area contributed by atoms with Crippen LogP contribution in [0.15, 0.2) is 41.4 Å². The molecule has 0 aliphatic carbocycles. The van der Waals surface area contributed by atoms with E-state index in [0.29, 0.717) is 21.4 Å². The molecule has 0 bridgehead atoms. The van der Waals surface area contributed by atoms with Crippen molar-refractivity contribution in [1.29, 1.82) is 0 Å². The molecule has 106 valence electrons. The highest BCUT2D eigenvalue weighted by Crippen LogP contribution is 2.29. The standard InChI is InChI=1S/C14H8Cl2N2O2S/c15-8-1-4-13(19)10(5-8)14(20)18-9-2-3-11(16)12(6-9)17-7-21/h1-6,19H,(H,18,20). The van der Waals surface area contributed by atoms with E-state index in [1.165, 1.54) is 18.2 Å². The zero-order valence-corrected chi connectivity index (χ0v) is 12.8. The lowest BCUT2D eigenvalue weighted by atomic mass is 10.2. The van der Waals surface area contributed by atoms with Crippen LogP contribution in [0.5, 0.6) is 5.75 Å².